The summed E-state index contributed by atoms with van der Waals surface area (Å²) >= 11 is 0. The summed E-state index contributed by atoms with van der Waals surface area (Å²) in [5.41, 5.74) is 8.08. The Hall–Kier alpha value is -2.86. The number of benzene rings is 2. The molecule has 0 heterocycles. The first-order valence-corrected chi connectivity index (χ1v) is 10.6. The van der Waals surface area contributed by atoms with Gasteiger partial charge in [-0.05, 0) is 74.4 Å². The van der Waals surface area contributed by atoms with Gasteiger partial charge in [0.15, 0.2) is 0 Å². The van der Waals surface area contributed by atoms with Crippen LogP contribution >= 0.6 is 0 Å². The highest BCUT2D eigenvalue weighted by atomic mass is 16.5. The molecule has 0 radical (unpaired) electrons. The summed E-state index contributed by atoms with van der Waals surface area (Å²) in [6.45, 7) is 4.70. The minimum absolute atomic E-state index is 0.151. The minimum atomic E-state index is -0.552. The van der Waals surface area contributed by atoms with Gasteiger partial charge in [0, 0.05) is 17.6 Å². The molecular formula is C24H31N3O3. The molecule has 0 saturated heterocycles. The molecule has 3 rings (SSSR count). The quantitative estimate of drug-likeness (QED) is 0.592. The highest BCUT2D eigenvalue weighted by Gasteiger charge is 2.27. The van der Waals surface area contributed by atoms with Crippen molar-refractivity contribution in [2.75, 3.05) is 13.2 Å². The lowest BCUT2D eigenvalue weighted by Gasteiger charge is -2.21. The van der Waals surface area contributed by atoms with E-state index in [1.165, 1.54) is 11.1 Å². The van der Waals surface area contributed by atoms with Gasteiger partial charge in [0.2, 0.25) is 5.91 Å². The van der Waals surface area contributed by atoms with Gasteiger partial charge in [-0.25, -0.2) is 0 Å². The van der Waals surface area contributed by atoms with Gasteiger partial charge in [0.25, 0.3) is 5.91 Å². The van der Waals surface area contributed by atoms with Crippen molar-refractivity contribution < 1.29 is 14.3 Å². The van der Waals surface area contributed by atoms with Gasteiger partial charge in [-0.1, -0.05) is 24.3 Å². The van der Waals surface area contributed by atoms with Crippen molar-refractivity contribution in [3.8, 4) is 5.75 Å². The molecule has 30 heavy (non-hydrogen) atoms. The van der Waals surface area contributed by atoms with Gasteiger partial charge < -0.3 is 21.1 Å². The van der Waals surface area contributed by atoms with Gasteiger partial charge in [-0.2, -0.15) is 0 Å². The van der Waals surface area contributed by atoms with Crippen molar-refractivity contribution in [2.24, 2.45) is 5.73 Å². The van der Waals surface area contributed by atoms with Gasteiger partial charge in [-0.3, -0.25) is 9.59 Å². The number of ether oxygens (including phenoxy) is 1. The number of nitrogens with two attached hydrogens (primary N) is 1. The fourth-order valence-corrected chi connectivity index (χ4v) is 4.10. The summed E-state index contributed by atoms with van der Waals surface area (Å²) in [6, 6.07) is 16.6. The summed E-state index contributed by atoms with van der Waals surface area (Å²) in [4.78, 5) is 22.8. The zero-order valence-electron chi connectivity index (χ0n) is 17.7. The molecule has 3 atom stereocenters. The molecule has 0 aliphatic heterocycles. The van der Waals surface area contributed by atoms with E-state index >= 15 is 0 Å². The Morgan fingerprint density at radius 1 is 1.17 bits per heavy atom. The smallest absolute Gasteiger partial charge is 0.251 e. The second-order valence-corrected chi connectivity index (χ2v) is 7.87. The SMILES string of the molecule is CCOc1cccc([C@@H](C)N[C@H]2CC[C@@H](c3ccc(C(=O)NCC(N)=O)cc3)C2)c1. The lowest BCUT2D eigenvalue weighted by Crippen LogP contribution is -2.33. The summed E-state index contributed by atoms with van der Waals surface area (Å²) in [5, 5.41) is 6.27. The highest BCUT2D eigenvalue weighted by molar-refractivity contribution is 5.96. The Kier molecular flexibility index (Phi) is 7.46. The number of primary amides is 1. The highest BCUT2D eigenvalue weighted by Crippen LogP contribution is 2.35. The van der Waals surface area contributed by atoms with Gasteiger partial charge >= 0.3 is 0 Å². The average Bonchev–Trinajstić information content (AvgIpc) is 3.21. The fourth-order valence-electron chi connectivity index (χ4n) is 4.10. The number of rotatable bonds is 9. The zero-order valence-corrected chi connectivity index (χ0v) is 17.7. The second kappa shape index (κ2) is 10.3. The van der Waals surface area contributed by atoms with Crippen LogP contribution in [0.2, 0.25) is 0 Å². The Morgan fingerprint density at radius 2 is 1.93 bits per heavy atom. The van der Waals surface area contributed by atoms with Crippen LogP contribution < -0.4 is 21.1 Å². The predicted molar refractivity (Wildman–Crippen MR) is 118 cm³/mol. The minimum Gasteiger partial charge on any atom is -0.494 e. The van der Waals surface area contributed by atoms with Crippen LogP contribution in [0.25, 0.3) is 0 Å². The number of hydrogen-bond acceptors (Lipinski definition) is 4. The molecule has 0 spiro atoms. The maximum Gasteiger partial charge on any atom is 0.251 e. The van der Waals surface area contributed by atoms with E-state index in [2.05, 4.69) is 29.7 Å². The van der Waals surface area contributed by atoms with Crippen LogP contribution in [0.1, 0.15) is 66.6 Å². The van der Waals surface area contributed by atoms with E-state index in [1.807, 2.05) is 43.3 Å². The molecule has 2 aromatic rings. The summed E-state index contributed by atoms with van der Waals surface area (Å²) in [6.07, 6.45) is 3.32. The number of amides is 2. The third-order valence-electron chi connectivity index (χ3n) is 5.65. The van der Waals surface area contributed by atoms with Crippen LogP contribution in [0.4, 0.5) is 0 Å². The second-order valence-electron chi connectivity index (χ2n) is 7.87. The Labute approximate surface area is 178 Å². The third-order valence-corrected chi connectivity index (χ3v) is 5.65. The van der Waals surface area contributed by atoms with Crippen molar-refractivity contribution in [1.82, 2.24) is 10.6 Å². The third kappa shape index (κ3) is 5.83. The number of hydrogen-bond donors (Lipinski definition) is 3. The van der Waals surface area contributed by atoms with Crippen molar-refractivity contribution in [1.29, 1.82) is 0 Å². The first-order valence-electron chi connectivity index (χ1n) is 10.6. The van der Waals surface area contributed by atoms with E-state index < -0.39 is 5.91 Å². The summed E-state index contributed by atoms with van der Waals surface area (Å²) in [7, 11) is 0. The molecule has 1 aliphatic carbocycles. The van der Waals surface area contributed by atoms with Crippen LogP contribution in [0, 0.1) is 0 Å². The molecule has 2 aromatic carbocycles. The van der Waals surface area contributed by atoms with Gasteiger partial charge in [0.05, 0.1) is 13.2 Å². The standard InChI is InChI=1S/C24H31N3O3/c1-3-30-22-6-4-5-19(14-22)16(2)27-21-12-11-20(13-21)17-7-9-18(10-8-17)24(29)26-15-23(25)28/h4-10,14,16,20-21,27H,3,11-13,15H2,1-2H3,(H2,25,28)(H,26,29)/t16-,20-,21+/m1/s1. The van der Waals surface area contributed by atoms with Crippen LogP contribution in [0.5, 0.6) is 5.75 Å². The van der Waals surface area contributed by atoms with Crippen LogP contribution in [-0.4, -0.2) is 31.0 Å². The molecule has 6 heteroatoms. The van der Waals surface area contributed by atoms with E-state index in [1.54, 1.807) is 0 Å². The Bertz CT molecular complexity index is 866. The average molecular weight is 410 g/mol. The van der Waals surface area contributed by atoms with Crippen LogP contribution in [-0.2, 0) is 4.79 Å². The molecule has 1 aliphatic rings. The van der Waals surface area contributed by atoms with Crippen molar-refractivity contribution in [2.45, 2.75) is 51.1 Å². The van der Waals surface area contributed by atoms with Gasteiger partial charge in [0.1, 0.15) is 5.75 Å². The molecule has 1 saturated carbocycles. The molecule has 0 aromatic heterocycles. The molecule has 2 amide bonds. The lowest BCUT2D eigenvalue weighted by atomic mass is 9.96. The number of nitrogens with one attached hydrogen (secondary N) is 2. The maximum atomic E-state index is 12.0. The molecule has 0 unspecified atom stereocenters. The van der Waals surface area contributed by atoms with E-state index in [9.17, 15) is 9.59 Å². The first-order chi connectivity index (χ1) is 14.5. The lowest BCUT2D eigenvalue weighted by molar-refractivity contribution is -0.117. The molecule has 4 N–H and O–H groups in total. The van der Waals surface area contributed by atoms with Gasteiger partial charge in [-0.15, -0.1) is 0 Å². The molecule has 6 nitrogen and oxygen atoms in total. The largest absolute Gasteiger partial charge is 0.494 e. The van der Waals surface area contributed by atoms with E-state index in [0.29, 0.717) is 24.1 Å². The molecular weight excluding hydrogens is 378 g/mol. The van der Waals surface area contributed by atoms with Crippen LogP contribution in [0.15, 0.2) is 48.5 Å². The molecule has 0 bridgehead atoms. The maximum absolute atomic E-state index is 12.0. The first kappa shape index (κ1) is 21.8. The predicted octanol–water partition coefficient (Wildman–Crippen LogP) is 3.29. The van der Waals surface area contributed by atoms with E-state index in [4.69, 9.17) is 10.5 Å². The van der Waals surface area contributed by atoms with E-state index in [-0.39, 0.29) is 18.5 Å². The molecule has 160 valence electrons. The topological polar surface area (TPSA) is 93.4 Å². The van der Waals surface area contributed by atoms with E-state index in [0.717, 1.165) is 25.0 Å². The zero-order chi connectivity index (χ0) is 21.5. The van der Waals surface area contributed by atoms with Crippen molar-refractivity contribution >= 4 is 11.8 Å². The Morgan fingerprint density at radius 3 is 2.63 bits per heavy atom. The number of carbonyl (C=O) groups excluding carboxylic acids is 2. The fraction of sp³-hybridized carbons (Fsp3) is 0.417. The van der Waals surface area contributed by atoms with Crippen LogP contribution in [0.3, 0.4) is 0 Å². The molecule has 1 fully saturated rings. The normalized spacial score (nSPS) is 19.3. The van der Waals surface area contributed by atoms with Crippen molar-refractivity contribution in [3.05, 3.63) is 65.2 Å². The summed E-state index contributed by atoms with van der Waals surface area (Å²) < 4.78 is 5.62. The number of carbonyl (C=O) groups is 2. The summed E-state index contributed by atoms with van der Waals surface area (Å²) in [5.74, 6) is 0.554. The monoisotopic (exact) mass is 409 g/mol. The Balaban J connectivity index is 1.54. The van der Waals surface area contributed by atoms with Crippen molar-refractivity contribution in [3.63, 3.8) is 0 Å².